The molecule has 0 saturated carbocycles. The summed E-state index contributed by atoms with van der Waals surface area (Å²) in [6.07, 6.45) is 1.26. The number of H-pyrrole nitrogens is 1. The van der Waals surface area contributed by atoms with Crippen molar-refractivity contribution in [2.45, 2.75) is 10.9 Å². The van der Waals surface area contributed by atoms with Gasteiger partial charge in [-0.3, -0.25) is 10.1 Å². The molecule has 0 aliphatic carbocycles. The molecule has 1 aromatic heterocycles. The van der Waals surface area contributed by atoms with Gasteiger partial charge in [-0.25, -0.2) is 10.5 Å². The van der Waals surface area contributed by atoms with Gasteiger partial charge in [0, 0.05) is 28.5 Å². The summed E-state index contributed by atoms with van der Waals surface area (Å²) in [6.45, 7) is 0. The Morgan fingerprint density at radius 3 is 2.85 bits per heavy atom. The number of phenolic OH excluding ortho intramolecular Hbond substituents is 1. The third kappa shape index (κ3) is 5.19. The van der Waals surface area contributed by atoms with Crippen LogP contribution in [0.4, 0.5) is 11.6 Å². The lowest BCUT2D eigenvalue weighted by Crippen LogP contribution is -1.94. The monoisotopic (exact) mass is 404 g/mol. The molecule has 1 heterocycles. The molecule has 0 amide bonds. The van der Waals surface area contributed by atoms with Gasteiger partial charge in [-0.05, 0) is 23.8 Å². The van der Waals surface area contributed by atoms with Gasteiger partial charge < -0.3 is 5.11 Å². The highest BCUT2D eigenvalue weighted by Crippen LogP contribution is 2.22. The summed E-state index contributed by atoms with van der Waals surface area (Å²) in [6, 6.07) is 11.2. The van der Waals surface area contributed by atoms with Crippen molar-refractivity contribution >= 4 is 41.2 Å². The Kier molecular flexibility index (Phi) is 5.89. The van der Waals surface area contributed by atoms with Gasteiger partial charge in [0.2, 0.25) is 11.1 Å². The normalized spacial score (nSPS) is 11.0. The standard InChI is InChI=1S/C16H13ClN6O3S/c17-12-3-1-10(2-4-12)9-27-16-19-15(21-22-16)20-18-8-11-7-13(23(25)26)5-6-14(11)24/h1-8,24H,9H2,(H2,19,20,21,22)/b18-8+. The van der Waals surface area contributed by atoms with Crippen molar-refractivity contribution in [2.24, 2.45) is 5.10 Å². The Hall–Kier alpha value is -3.11. The lowest BCUT2D eigenvalue weighted by atomic mass is 10.2. The molecule has 9 nitrogen and oxygen atoms in total. The molecule has 0 aliphatic heterocycles. The molecule has 0 saturated heterocycles. The molecule has 0 aliphatic rings. The number of rotatable bonds is 7. The Morgan fingerprint density at radius 1 is 1.33 bits per heavy atom. The van der Waals surface area contributed by atoms with Gasteiger partial charge in [-0.2, -0.15) is 10.1 Å². The quantitative estimate of drug-likeness (QED) is 0.236. The summed E-state index contributed by atoms with van der Waals surface area (Å²) in [5.74, 6) is 0.858. The molecular formula is C16H13ClN6O3S. The summed E-state index contributed by atoms with van der Waals surface area (Å²) in [4.78, 5) is 14.4. The highest BCUT2D eigenvalue weighted by molar-refractivity contribution is 7.98. The van der Waals surface area contributed by atoms with E-state index in [2.05, 4.69) is 25.7 Å². The number of nitrogens with zero attached hydrogens (tertiary/aromatic N) is 4. The van der Waals surface area contributed by atoms with Gasteiger partial charge >= 0.3 is 0 Å². The van der Waals surface area contributed by atoms with E-state index >= 15 is 0 Å². The first kappa shape index (κ1) is 18.7. The van der Waals surface area contributed by atoms with Gasteiger partial charge in [-0.1, -0.05) is 35.5 Å². The minimum absolute atomic E-state index is 0.122. The fourth-order valence-electron chi connectivity index (χ4n) is 2.01. The van der Waals surface area contributed by atoms with Crippen LogP contribution < -0.4 is 5.43 Å². The second-order valence-corrected chi connectivity index (χ2v) is 6.63. The number of hydrazone groups is 1. The molecule has 3 N–H and O–H groups in total. The lowest BCUT2D eigenvalue weighted by Gasteiger charge is -1.99. The average Bonchev–Trinajstić information content (AvgIpc) is 3.10. The summed E-state index contributed by atoms with van der Waals surface area (Å²) in [7, 11) is 0. The van der Waals surface area contributed by atoms with Crippen molar-refractivity contribution in [3.63, 3.8) is 0 Å². The SMILES string of the molecule is O=[N+]([O-])c1ccc(O)c(/C=N/Nc2nc(SCc3ccc(Cl)cc3)n[nH]2)c1. The van der Waals surface area contributed by atoms with Crippen molar-refractivity contribution in [1.82, 2.24) is 15.2 Å². The van der Waals surface area contributed by atoms with Crippen molar-refractivity contribution in [1.29, 1.82) is 0 Å². The number of nitro groups is 1. The smallest absolute Gasteiger partial charge is 0.270 e. The Balaban J connectivity index is 1.58. The molecule has 3 aromatic rings. The topological polar surface area (TPSA) is 129 Å². The van der Waals surface area contributed by atoms with Crippen LogP contribution in [0.3, 0.4) is 0 Å². The van der Waals surface area contributed by atoms with E-state index in [1.54, 1.807) is 0 Å². The van der Waals surface area contributed by atoms with E-state index < -0.39 is 4.92 Å². The second kappa shape index (κ2) is 8.52. The maximum atomic E-state index is 10.8. The number of aromatic nitrogens is 3. The fourth-order valence-corrected chi connectivity index (χ4v) is 2.89. The number of phenols is 1. The second-order valence-electron chi connectivity index (χ2n) is 5.25. The van der Waals surface area contributed by atoms with Crippen molar-refractivity contribution in [2.75, 3.05) is 5.43 Å². The number of hydrogen-bond acceptors (Lipinski definition) is 8. The highest BCUT2D eigenvalue weighted by atomic mass is 35.5. The van der Waals surface area contributed by atoms with Crippen molar-refractivity contribution in [3.05, 3.63) is 68.7 Å². The minimum Gasteiger partial charge on any atom is -0.507 e. The zero-order valence-electron chi connectivity index (χ0n) is 13.7. The number of aromatic amines is 1. The highest BCUT2D eigenvalue weighted by Gasteiger charge is 2.09. The molecule has 138 valence electrons. The first-order valence-electron chi connectivity index (χ1n) is 7.57. The number of anilines is 1. The third-order valence-electron chi connectivity index (χ3n) is 3.34. The van der Waals surface area contributed by atoms with Crippen molar-refractivity contribution < 1.29 is 10.0 Å². The molecule has 0 bridgehead atoms. The number of benzene rings is 2. The Labute approximate surface area is 162 Å². The van der Waals surface area contributed by atoms with Crippen LogP contribution in [0.2, 0.25) is 5.02 Å². The van der Waals surface area contributed by atoms with E-state index in [-0.39, 0.29) is 17.0 Å². The minimum atomic E-state index is -0.551. The zero-order chi connectivity index (χ0) is 19.2. The molecule has 3 rings (SSSR count). The summed E-state index contributed by atoms with van der Waals surface area (Å²) in [5.41, 5.74) is 3.77. The van der Waals surface area contributed by atoms with Gasteiger partial charge in [0.1, 0.15) is 5.75 Å². The van der Waals surface area contributed by atoms with E-state index in [9.17, 15) is 15.2 Å². The number of nitro benzene ring substituents is 1. The molecule has 0 radical (unpaired) electrons. The number of halogens is 1. The van der Waals surface area contributed by atoms with E-state index in [1.165, 1.54) is 36.2 Å². The number of aromatic hydroxyl groups is 1. The Bertz CT molecular complexity index is 977. The van der Waals surface area contributed by atoms with Gasteiger partial charge in [0.25, 0.3) is 5.69 Å². The van der Waals surface area contributed by atoms with Crippen LogP contribution in [0.15, 0.2) is 52.7 Å². The number of non-ortho nitro benzene ring substituents is 1. The zero-order valence-corrected chi connectivity index (χ0v) is 15.2. The molecule has 2 aromatic carbocycles. The first-order chi connectivity index (χ1) is 13.0. The van der Waals surface area contributed by atoms with Crippen LogP contribution in [-0.2, 0) is 5.75 Å². The summed E-state index contributed by atoms with van der Waals surface area (Å²) < 4.78 is 0. The van der Waals surface area contributed by atoms with Gasteiger partial charge in [0.05, 0.1) is 11.1 Å². The first-order valence-corrected chi connectivity index (χ1v) is 8.94. The lowest BCUT2D eigenvalue weighted by molar-refractivity contribution is -0.384. The number of hydrogen-bond donors (Lipinski definition) is 3. The van der Waals surface area contributed by atoms with Crippen LogP contribution in [0.5, 0.6) is 5.75 Å². The van der Waals surface area contributed by atoms with Crippen molar-refractivity contribution in [3.8, 4) is 5.75 Å². The van der Waals surface area contributed by atoms with Crippen LogP contribution in [0, 0.1) is 10.1 Å². The molecule has 0 spiro atoms. The van der Waals surface area contributed by atoms with Crippen LogP contribution >= 0.6 is 23.4 Å². The predicted octanol–water partition coefficient (Wildman–Crippen LogP) is 3.81. The Morgan fingerprint density at radius 2 is 2.11 bits per heavy atom. The molecule has 0 unspecified atom stereocenters. The van der Waals surface area contributed by atoms with Gasteiger partial charge in [0.15, 0.2) is 0 Å². The van der Waals surface area contributed by atoms with Gasteiger partial charge in [-0.15, -0.1) is 5.10 Å². The van der Waals surface area contributed by atoms with E-state index in [0.717, 1.165) is 5.56 Å². The molecule has 0 atom stereocenters. The largest absolute Gasteiger partial charge is 0.507 e. The van der Waals surface area contributed by atoms with E-state index in [0.29, 0.717) is 21.9 Å². The predicted molar refractivity (Wildman–Crippen MR) is 103 cm³/mol. The fraction of sp³-hybridized carbons (Fsp3) is 0.0625. The molecule has 11 heteroatoms. The number of thioether (sulfide) groups is 1. The summed E-state index contributed by atoms with van der Waals surface area (Å²) >= 11 is 7.29. The average molecular weight is 405 g/mol. The number of nitrogens with one attached hydrogen (secondary N) is 2. The van der Waals surface area contributed by atoms with Crippen LogP contribution in [0.25, 0.3) is 0 Å². The van der Waals surface area contributed by atoms with Crippen LogP contribution in [-0.4, -0.2) is 31.4 Å². The molecule has 0 fully saturated rings. The van der Waals surface area contributed by atoms with E-state index in [4.69, 9.17) is 11.6 Å². The van der Waals surface area contributed by atoms with E-state index in [1.807, 2.05) is 24.3 Å². The molecule has 27 heavy (non-hydrogen) atoms. The third-order valence-corrected chi connectivity index (χ3v) is 4.51. The van der Waals surface area contributed by atoms with Crippen LogP contribution in [0.1, 0.15) is 11.1 Å². The summed E-state index contributed by atoms with van der Waals surface area (Å²) in [5, 5.41) is 32.3. The molecular weight excluding hydrogens is 392 g/mol. The maximum Gasteiger partial charge on any atom is 0.270 e. The maximum absolute atomic E-state index is 10.8.